The third-order valence-corrected chi connectivity index (χ3v) is 15.8. The second-order valence-electron chi connectivity index (χ2n) is 23.0. The SMILES string of the molecule is COc1cccc(-c2nc(Nc3ccncc3C)c3cccn3n2)n1.COc1cccc(-c2nc(Nc3ccncc3N)c3cccn3n2)n1.COc1cccc(-c2nc(Nc3ccncc3[N+](=O)[O-])c3cccn3n2)n1.COc1cccc(-c2nc(Oc3ccccc3)c3cccn3n2)n1.Nc1ccncc1[N+](=O)[O-].[CH3-].[Pd]. The summed E-state index contributed by atoms with van der Waals surface area (Å²) in [5, 5.41) is 49.0. The van der Waals surface area contributed by atoms with Gasteiger partial charge in [0.25, 0.3) is 0 Å². The van der Waals surface area contributed by atoms with E-state index in [0.29, 0.717) is 110 Å². The summed E-state index contributed by atoms with van der Waals surface area (Å²) in [6, 6.07) is 52.9. The van der Waals surface area contributed by atoms with Crippen molar-refractivity contribution in [3.05, 3.63) is 284 Å². The Morgan fingerprint density at radius 3 is 1.14 bits per heavy atom. The Morgan fingerprint density at radius 2 is 0.735 bits per heavy atom. The second kappa shape index (κ2) is 36.8. The number of aryl methyl sites for hydroxylation is 1. The number of nitrogen functional groups attached to an aromatic ring is 2. The molecule has 0 aliphatic carbocycles. The number of fused-ring (bicyclic) bond motifs is 4. The number of hydrogen-bond acceptors (Lipinski definition) is 30. The topological polar surface area (TPSA) is 444 Å². The zero-order valence-electron chi connectivity index (χ0n) is 60.7. The zero-order chi connectivity index (χ0) is 77.2. The Hall–Kier alpha value is -15.6. The molecule has 0 aliphatic rings. The summed E-state index contributed by atoms with van der Waals surface area (Å²) >= 11 is 0. The van der Waals surface area contributed by atoms with E-state index in [1.165, 1.54) is 37.8 Å². The number of benzene rings is 1. The third-order valence-electron chi connectivity index (χ3n) is 15.8. The van der Waals surface area contributed by atoms with Crippen LogP contribution >= 0.6 is 0 Å². The fourth-order valence-corrected chi connectivity index (χ4v) is 10.4. The molecular weight excluding hydrogens is 1540 g/mol. The van der Waals surface area contributed by atoms with Crippen molar-refractivity contribution in [2.45, 2.75) is 6.92 Å². The predicted molar refractivity (Wildman–Crippen MR) is 418 cm³/mol. The molecule has 17 rings (SSSR count). The average molecular weight is 1610 g/mol. The fraction of sp³-hybridized carbons (Fsp3) is 0.0658. The number of pyridine rings is 8. The van der Waals surface area contributed by atoms with Crippen LogP contribution in [0, 0.1) is 34.6 Å². The van der Waals surface area contributed by atoms with Crippen LogP contribution in [0.15, 0.2) is 250 Å². The molecule has 16 aromatic heterocycles. The standard InChI is InChI=1S/C18H16N6O.C18H14N4O2.C17H13N7O3.C17H15N7O.C5H5N3O2.CH3.Pd/c1-12-11-19-9-8-13(12)21-18-15-6-4-10-24(15)23-17(22-18)14-5-3-7-16(20-14)25-2;1-23-16-11-5-9-14(19-16)17-20-18(15-10-6-12-22(15)21-17)24-13-7-3-2-4-8-13;1-27-15-6-2-4-12(19-15)16-21-17(13-5-3-9-23(13)22-16)20-11-7-8-18-10-14(11)24(25)26;1-25-15-6-2-4-13(20-15)16-22-17(14-5-3-9-24(14)23-16)21-12-7-8-19-10-11(12)18;6-4-1-2-7-3-5(4)8(9)10;;/h3-11H,1-2H3,(H,19,21,22,23);2-12H,1H3;2-10H,1H3,(H,18,20,21,22);2-10H,18H2,1H3,(H,19,21,22,23);1-3H,(H2,6,7);1H3;/q;;;;;-1;. The van der Waals surface area contributed by atoms with E-state index >= 15 is 0 Å². The van der Waals surface area contributed by atoms with E-state index in [1.54, 1.807) is 119 Å². The number of nitrogens with two attached hydrogens (primary N) is 2. The quantitative estimate of drug-likeness (QED) is 0.0230. The first-order valence-electron chi connectivity index (χ1n) is 33.2. The van der Waals surface area contributed by atoms with Gasteiger partial charge in [-0.25, -0.2) is 52.9 Å². The van der Waals surface area contributed by atoms with Gasteiger partial charge in [0.15, 0.2) is 17.5 Å². The van der Waals surface area contributed by atoms with Crippen molar-refractivity contribution in [2.75, 3.05) is 55.9 Å². The minimum atomic E-state index is -0.567. The van der Waals surface area contributed by atoms with Gasteiger partial charge in [0.1, 0.15) is 74.4 Å². The Morgan fingerprint density at radius 1 is 0.372 bits per heavy atom. The van der Waals surface area contributed by atoms with Crippen molar-refractivity contribution < 1.29 is 54.0 Å². The van der Waals surface area contributed by atoms with Crippen LogP contribution < -0.4 is 51.1 Å². The maximum absolute atomic E-state index is 11.2. The van der Waals surface area contributed by atoms with Gasteiger partial charge in [-0.2, -0.15) is 4.98 Å². The van der Waals surface area contributed by atoms with Crippen molar-refractivity contribution in [2.24, 2.45) is 0 Å². The molecule has 0 bridgehead atoms. The number of rotatable bonds is 18. The number of nitrogens with zero attached hydrogens (tertiary/aromatic N) is 22. The molecule has 1 aromatic carbocycles. The van der Waals surface area contributed by atoms with Crippen LogP contribution in [0.2, 0.25) is 0 Å². The number of methoxy groups -OCH3 is 4. The normalized spacial score (nSPS) is 10.4. The Balaban J connectivity index is 0.000000142. The molecule has 113 heavy (non-hydrogen) atoms. The van der Waals surface area contributed by atoms with E-state index in [-0.39, 0.29) is 50.6 Å². The molecule has 0 spiro atoms. The molecule has 0 saturated heterocycles. The third kappa shape index (κ3) is 19.0. The molecule has 0 saturated carbocycles. The Kier molecular flexibility index (Phi) is 25.5. The van der Waals surface area contributed by atoms with Gasteiger partial charge in [0, 0.05) is 106 Å². The number of anilines is 8. The number of aromatic nitrogens is 20. The van der Waals surface area contributed by atoms with Crippen molar-refractivity contribution in [3.63, 3.8) is 0 Å². The summed E-state index contributed by atoms with van der Waals surface area (Å²) in [6.45, 7) is 2.00. The van der Waals surface area contributed by atoms with Crippen molar-refractivity contribution in [3.8, 4) is 81.2 Å². The molecule has 0 fully saturated rings. The van der Waals surface area contributed by atoms with E-state index in [0.717, 1.165) is 39.7 Å². The smallest absolute Gasteiger partial charge is 0.310 e. The molecule has 17 aromatic rings. The molecule has 7 N–H and O–H groups in total. The molecule has 37 heteroatoms. The maximum atomic E-state index is 11.2. The molecule has 570 valence electrons. The van der Waals surface area contributed by atoms with Crippen molar-refractivity contribution in [1.29, 1.82) is 0 Å². The van der Waals surface area contributed by atoms with Gasteiger partial charge in [-0.1, -0.05) is 42.5 Å². The number of nitro groups is 2. The largest absolute Gasteiger partial charge is 0.481 e. The van der Waals surface area contributed by atoms with Crippen molar-refractivity contribution >= 4 is 79.3 Å². The first-order chi connectivity index (χ1) is 54.2. The van der Waals surface area contributed by atoms with Gasteiger partial charge in [0.2, 0.25) is 52.7 Å². The molecular formula is C76H66N27O9Pd-. The number of hydrogen-bond donors (Lipinski definition) is 5. The summed E-state index contributed by atoms with van der Waals surface area (Å²) in [6.07, 6.45) is 19.3. The monoisotopic (exact) mass is 1610 g/mol. The van der Waals surface area contributed by atoms with Gasteiger partial charge < -0.3 is 58.5 Å². The van der Waals surface area contributed by atoms with Gasteiger partial charge in [-0.15, -0.1) is 20.4 Å². The van der Waals surface area contributed by atoms with Crippen molar-refractivity contribution in [1.82, 2.24) is 98.3 Å². The van der Waals surface area contributed by atoms with E-state index < -0.39 is 9.85 Å². The summed E-state index contributed by atoms with van der Waals surface area (Å²) in [5.74, 6) is 6.67. The predicted octanol–water partition coefficient (Wildman–Crippen LogP) is 13.2. The fourth-order valence-electron chi connectivity index (χ4n) is 10.4. The molecule has 0 amide bonds. The summed E-state index contributed by atoms with van der Waals surface area (Å²) < 4.78 is 33.5. The summed E-state index contributed by atoms with van der Waals surface area (Å²) in [4.78, 5) is 71.6. The molecule has 0 unspecified atom stereocenters. The number of nitrogens with one attached hydrogen (secondary N) is 3. The molecule has 0 radical (unpaired) electrons. The maximum Gasteiger partial charge on any atom is 0.310 e. The average Bonchev–Trinajstić information content (AvgIpc) is 1.77. The second-order valence-corrected chi connectivity index (χ2v) is 23.0. The number of para-hydroxylation sites is 1. The minimum absolute atomic E-state index is 0. The Bertz CT molecular complexity index is 5960. The molecule has 36 nitrogen and oxygen atoms in total. The zero-order valence-corrected chi connectivity index (χ0v) is 62.2. The van der Waals surface area contributed by atoms with E-state index in [2.05, 4.69) is 96.2 Å². The number of ether oxygens (including phenoxy) is 5. The van der Waals surface area contributed by atoms with E-state index in [9.17, 15) is 20.2 Å². The van der Waals surface area contributed by atoms with Crippen LogP contribution in [-0.2, 0) is 20.4 Å². The minimum Gasteiger partial charge on any atom is -0.481 e. The van der Waals surface area contributed by atoms with Gasteiger partial charge >= 0.3 is 11.4 Å². The summed E-state index contributed by atoms with van der Waals surface area (Å²) in [5.41, 5.74) is 20.1. The van der Waals surface area contributed by atoms with Crippen LogP contribution in [0.5, 0.6) is 35.1 Å². The van der Waals surface area contributed by atoms with Gasteiger partial charge in [0.05, 0.1) is 55.9 Å². The van der Waals surface area contributed by atoms with Crippen LogP contribution in [0.1, 0.15) is 5.56 Å². The first-order valence-corrected chi connectivity index (χ1v) is 33.2. The Labute approximate surface area is 655 Å². The first kappa shape index (κ1) is 78.4. The van der Waals surface area contributed by atoms with E-state index in [4.69, 9.17) is 35.2 Å². The molecule has 16 heterocycles. The van der Waals surface area contributed by atoms with Gasteiger partial charge in [-0.05, 0) is 122 Å². The van der Waals surface area contributed by atoms with Crippen LogP contribution in [0.3, 0.4) is 0 Å². The van der Waals surface area contributed by atoms with Crippen LogP contribution in [-0.4, -0.2) is 137 Å². The van der Waals surface area contributed by atoms with Crippen LogP contribution in [0.4, 0.5) is 57.3 Å². The van der Waals surface area contributed by atoms with E-state index in [1.807, 2.05) is 141 Å². The van der Waals surface area contributed by atoms with Gasteiger partial charge in [-0.3, -0.25) is 40.2 Å². The van der Waals surface area contributed by atoms with Crippen LogP contribution in [0.25, 0.3) is 68.1 Å². The summed E-state index contributed by atoms with van der Waals surface area (Å²) in [7, 11) is 6.26. The molecule has 0 aliphatic heterocycles. The molecule has 0 atom stereocenters.